The topological polar surface area (TPSA) is 88.5 Å². The number of hydrogen-bond acceptors (Lipinski definition) is 5. The van der Waals surface area contributed by atoms with E-state index in [4.69, 9.17) is 9.94 Å². The predicted molar refractivity (Wildman–Crippen MR) is 156 cm³/mol. The molecule has 40 heavy (non-hydrogen) atoms. The molecule has 0 aliphatic heterocycles. The Morgan fingerprint density at radius 1 is 0.975 bits per heavy atom. The van der Waals surface area contributed by atoms with E-state index in [0.717, 1.165) is 76.0 Å². The molecular formula is C34H48N2O4. The minimum atomic E-state index is -0.321. The zero-order valence-electron chi connectivity index (χ0n) is 24.5. The van der Waals surface area contributed by atoms with E-state index in [0.29, 0.717) is 18.8 Å². The fraction of sp³-hybridized carbons (Fsp3) is 0.676. The Hall–Kier alpha value is -2.47. The number of fused-ring (bicyclic) bond motifs is 5. The highest BCUT2D eigenvalue weighted by molar-refractivity contribution is 5.74. The molecule has 5 rings (SSSR count). The maximum atomic E-state index is 12.6. The summed E-state index contributed by atoms with van der Waals surface area (Å²) in [4.78, 5) is 28.1. The van der Waals surface area contributed by atoms with Crippen molar-refractivity contribution in [2.75, 3.05) is 0 Å². The SMILES string of the molecule is C[C@]12CC[C@@H](OC(=O)CCCCCCCCC(=O)NO)CC1=CC[C@@H]1[C@@H]2CC[C@]2(C)C(c3cccnc3)=CC[C@@H]12. The van der Waals surface area contributed by atoms with E-state index in [9.17, 15) is 9.59 Å². The van der Waals surface area contributed by atoms with Gasteiger partial charge in [0.05, 0.1) is 0 Å². The number of hydrogen-bond donors (Lipinski definition) is 2. The molecule has 2 fully saturated rings. The fourth-order valence-corrected chi connectivity index (χ4v) is 8.83. The molecule has 2 saturated carbocycles. The molecule has 0 unspecified atom stereocenters. The minimum Gasteiger partial charge on any atom is -0.462 e. The van der Waals surface area contributed by atoms with Crippen molar-refractivity contribution in [1.29, 1.82) is 0 Å². The van der Waals surface area contributed by atoms with Gasteiger partial charge in [0, 0.05) is 31.7 Å². The van der Waals surface area contributed by atoms with Crippen molar-refractivity contribution in [2.45, 2.75) is 116 Å². The van der Waals surface area contributed by atoms with E-state index in [-0.39, 0.29) is 28.8 Å². The molecule has 0 radical (unpaired) electrons. The van der Waals surface area contributed by atoms with Crippen molar-refractivity contribution in [3.05, 3.63) is 47.8 Å². The van der Waals surface area contributed by atoms with Gasteiger partial charge < -0.3 is 4.74 Å². The average Bonchev–Trinajstić information content (AvgIpc) is 3.32. The molecular weight excluding hydrogens is 500 g/mol. The highest BCUT2D eigenvalue weighted by atomic mass is 16.5. The summed E-state index contributed by atoms with van der Waals surface area (Å²) >= 11 is 0. The van der Waals surface area contributed by atoms with Crippen molar-refractivity contribution < 1.29 is 19.5 Å². The molecule has 6 nitrogen and oxygen atoms in total. The number of ether oxygens (including phenoxy) is 1. The van der Waals surface area contributed by atoms with Crippen LogP contribution >= 0.6 is 0 Å². The summed E-state index contributed by atoms with van der Waals surface area (Å²) in [5.41, 5.74) is 6.53. The van der Waals surface area contributed by atoms with Crippen LogP contribution in [0.15, 0.2) is 42.3 Å². The molecule has 0 bridgehead atoms. The third-order valence-electron chi connectivity index (χ3n) is 11.1. The molecule has 6 heteroatoms. The van der Waals surface area contributed by atoms with Gasteiger partial charge in [-0.15, -0.1) is 0 Å². The Bertz CT molecular complexity index is 1110. The van der Waals surface area contributed by atoms with Gasteiger partial charge in [0.2, 0.25) is 5.91 Å². The molecule has 1 amide bonds. The number of hydroxylamine groups is 1. The van der Waals surface area contributed by atoms with Crippen molar-refractivity contribution >= 4 is 17.4 Å². The van der Waals surface area contributed by atoms with E-state index in [1.165, 1.54) is 30.4 Å². The van der Waals surface area contributed by atoms with Gasteiger partial charge in [0.25, 0.3) is 0 Å². The Balaban J connectivity index is 1.09. The van der Waals surface area contributed by atoms with Gasteiger partial charge in [-0.05, 0) is 97.2 Å². The minimum absolute atomic E-state index is 0.0280. The lowest BCUT2D eigenvalue weighted by Crippen LogP contribution is -2.50. The lowest BCUT2D eigenvalue weighted by molar-refractivity contribution is -0.151. The summed E-state index contributed by atoms with van der Waals surface area (Å²) < 4.78 is 5.99. The first-order valence-corrected chi connectivity index (χ1v) is 15.8. The molecule has 1 aromatic heterocycles. The number of rotatable bonds is 11. The van der Waals surface area contributed by atoms with E-state index < -0.39 is 0 Å². The van der Waals surface area contributed by atoms with Crippen LogP contribution in [-0.2, 0) is 14.3 Å². The van der Waals surface area contributed by atoms with Crippen LogP contribution in [0.4, 0.5) is 0 Å². The Labute approximate surface area is 240 Å². The van der Waals surface area contributed by atoms with Crippen molar-refractivity contribution in [2.24, 2.45) is 28.6 Å². The van der Waals surface area contributed by atoms with Crippen LogP contribution in [0.5, 0.6) is 0 Å². The molecule has 218 valence electrons. The molecule has 2 N–H and O–H groups in total. The number of carbonyl (C=O) groups is 2. The van der Waals surface area contributed by atoms with Gasteiger partial charge >= 0.3 is 5.97 Å². The Morgan fingerprint density at radius 2 is 1.73 bits per heavy atom. The maximum Gasteiger partial charge on any atom is 0.306 e. The second kappa shape index (κ2) is 12.6. The molecule has 6 atom stereocenters. The van der Waals surface area contributed by atoms with Crippen molar-refractivity contribution in [3.63, 3.8) is 0 Å². The van der Waals surface area contributed by atoms with Crippen LogP contribution in [0.25, 0.3) is 5.57 Å². The number of esters is 1. The molecule has 0 aromatic carbocycles. The number of carbonyl (C=O) groups excluding carboxylic acids is 2. The highest BCUT2D eigenvalue weighted by Crippen LogP contribution is 2.66. The summed E-state index contributed by atoms with van der Waals surface area (Å²) in [6.45, 7) is 5.02. The lowest BCUT2D eigenvalue weighted by Gasteiger charge is -2.57. The van der Waals surface area contributed by atoms with Crippen LogP contribution in [0.1, 0.15) is 116 Å². The van der Waals surface area contributed by atoms with Gasteiger partial charge in [0.15, 0.2) is 0 Å². The van der Waals surface area contributed by atoms with Crippen LogP contribution < -0.4 is 5.48 Å². The van der Waals surface area contributed by atoms with Gasteiger partial charge in [-0.1, -0.05) is 63.3 Å². The molecule has 4 aliphatic rings. The molecule has 1 heterocycles. The maximum absolute atomic E-state index is 12.6. The second-order valence-electron chi connectivity index (χ2n) is 13.3. The predicted octanol–water partition coefficient (Wildman–Crippen LogP) is 7.58. The number of amides is 1. The average molecular weight is 549 g/mol. The smallest absolute Gasteiger partial charge is 0.306 e. The third-order valence-corrected chi connectivity index (χ3v) is 11.1. The van der Waals surface area contributed by atoms with Crippen molar-refractivity contribution in [1.82, 2.24) is 10.5 Å². The van der Waals surface area contributed by atoms with Gasteiger partial charge in [-0.3, -0.25) is 19.8 Å². The number of unbranched alkanes of at least 4 members (excludes halogenated alkanes) is 5. The second-order valence-corrected chi connectivity index (χ2v) is 13.3. The summed E-state index contributed by atoms with van der Waals surface area (Å²) in [6.07, 6.45) is 23.5. The van der Waals surface area contributed by atoms with Crippen LogP contribution in [0.2, 0.25) is 0 Å². The Kier molecular flexibility index (Phi) is 9.14. The van der Waals surface area contributed by atoms with Crippen LogP contribution in [0, 0.1) is 28.6 Å². The monoisotopic (exact) mass is 548 g/mol. The van der Waals surface area contributed by atoms with E-state index in [2.05, 4.69) is 43.1 Å². The van der Waals surface area contributed by atoms with Crippen molar-refractivity contribution in [3.8, 4) is 0 Å². The first kappa shape index (κ1) is 29.0. The molecule has 4 aliphatic carbocycles. The summed E-state index contributed by atoms with van der Waals surface area (Å²) in [7, 11) is 0. The number of nitrogens with zero attached hydrogens (tertiary/aromatic N) is 1. The Morgan fingerprint density at radius 3 is 2.48 bits per heavy atom. The van der Waals surface area contributed by atoms with Crippen LogP contribution in [0.3, 0.4) is 0 Å². The standard InChI is InChI=1S/C34H48N2O4/c1-33-19-17-26(40-32(38)12-8-6-4-3-5-7-11-31(37)36-39)22-25(33)13-14-27-29-16-15-28(24-10-9-21-35-23-24)34(29,2)20-18-30(27)33/h9-10,13,15,21,23,26-27,29-30,39H,3-8,11-12,14,16-20,22H2,1-2H3,(H,36,37)/t26-,27+,29+,30+,33+,34-/m1/s1. The van der Waals surface area contributed by atoms with Gasteiger partial charge in [0.1, 0.15) is 6.10 Å². The summed E-state index contributed by atoms with van der Waals surface area (Å²) in [5.74, 6) is 1.78. The normalized spacial score (nSPS) is 32.7. The number of aromatic nitrogens is 1. The quantitative estimate of drug-likeness (QED) is 0.0978. The van der Waals surface area contributed by atoms with E-state index in [1.54, 1.807) is 11.1 Å². The first-order chi connectivity index (χ1) is 19.3. The summed E-state index contributed by atoms with van der Waals surface area (Å²) in [6, 6.07) is 4.29. The largest absolute Gasteiger partial charge is 0.462 e. The number of nitrogens with one attached hydrogen (secondary N) is 1. The number of pyridine rings is 1. The van der Waals surface area contributed by atoms with E-state index in [1.807, 2.05) is 12.4 Å². The lowest BCUT2D eigenvalue weighted by atomic mass is 9.47. The zero-order valence-corrected chi connectivity index (χ0v) is 24.5. The van der Waals surface area contributed by atoms with Crippen LogP contribution in [-0.4, -0.2) is 28.2 Å². The van der Waals surface area contributed by atoms with E-state index >= 15 is 0 Å². The van der Waals surface area contributed by atoms with Gasteiger partial charge in [-0.2, -0.15) is 0 Å². The highest BCUT2D eigenvalue weighted by Gasteiger charge is 2.57. The van der Waals surface area contributed by atoms with Gasteiger partial charge in [-0.25, -0.2) is 5.48 Å². The fourth-order valence-electron chi connectivity index (χ4n) is 8.83. The summed E-state index contributed by atoms with van der Waals surface area (Å²) in [5, 5.41) is 8.52. The molecule has 1 aromatic rings. The molecule has 0 spiro atoms. The zero-order chi connectivity index (χ0) is 28.2. The first-order valence-electron chi connectivity index (χ1n) is 15.8. The third kappa shape index (κ3) is 5.93. The molecule has 0 saturated heterocycles. The number of allylic oxidation sites excluding steroid dienone is 3.